The number of rotatable bonds is 3. The van der Waals surface area contributed by atoms with Crippen molar-refractivity contribution in [2.24, 2.45) is 0 Å². The maximum atomic E-state index is 11.6. The van der Waals surface area contributed by atoms with Crippen LogP contribution in [-0.2, 0) is 4.79 Å². The number of fused-ring (bicyclic) bond motifs is 1. The van der Waals surface area contributed by atoms with E-state index in [-0.39, 0.29) is 5.24 Å². The van der Waals surface area contributed by atoms with Gasteiger partial charge in [-0.15, -0.1) is 0 Å². The summed E-state index contributed by atoms with van der Waals surface area (Å²) in [5.74, 6) is 0.0766. The number of carbonyl (C=O) groups is 2. The number of anilines is 2. The van der Waals surface area contributed by atoms with Gasteiger partial charge in [-0.25, -0.2) is 0 Å². The highest BCUT2D eigenvalue weighted by atomic mass is 32.2. The van der Waals surface area contributed by atoms with Crippen LogP contribution in [0.25, 0.3) is 17.0 Å². The first-order chi connectivity index (χ1) is 11.7. The third kappa shape index (κ3) is 2.77. The Bertz CT molecular complexity index is 979. The van der Waals surface area contributed by atoms with Crippen LogP contribution in [0.2, 0.25) is 0 Å². The Labute approximate surface area is 140 Å². The molecule has 3 aromatic rings. The minimum atomic E-state index is -0.411. The van der Waals surface area contributed by atoms with Crippen LogP contribution in [-0.4, -0.2) is 16.1 Å². The van der Waals surface area contributed by atoms with E-state index in [0.29, 0.717) is 16.2 Å². The van der Waals surface area contributed by atoms with E-state index in [1.54, 1.807) is 24.5 Å². The summed E-state index contributed by atoms with van der Waals surface area (Å²) < 4.78 is 5.83. The molecule has 0 bridgehead atoms. The lowest BCUT2D eigenvalue weighted by Gasteiger charge is -2.05. The highest BCUT2D eigenvalue weighted by Crippen LogP contribution is 2.31. The van der Waals surface area contributed by atoms with Gasteiger partial charge in [0.25, 0.3) is 11.1 Å². The number of imide groups is 1. The highest BCUT2D eigenvalue weighted by molar-refractivity contribution is 8.18. The number of nitrogens with zero attached hydrogens (tertiary/aromatic N) is 1. The zero-order chi connectivity index (χ0) is 16.5. The second-order valence-corrected chi connectivity index (χ2v) is 6.11. The van der Waals surface area contributed by atoms with Crippen molar-refractivity contribution in [3.63, 3.8) is 0 Å². The number of hydrogen-bond donors (Lipinski definition) is 2. The van der Waals surface area contributed by atoms with E-state index in [2.05, 4.69) is 15.6 Å². The van der Waals surface area contributed by atoms with Crippen LogP contribution in [0.1, 0.15) is 5.76 Å². The fraction of sp³-hybridized carbons (Fsp3) is 0. The first kappa shape index (κ1) is 14.5. The molecule has 6 nitrogen and oxygen atoms in total. The topological polar surface area (TPSA) is 84.2 Å². The van der Waals surface area contributed by atoms with Gasteiger partial charge in [0.2, 0.25) is 0 Å². The number of hydrogen-bond acceptors (Lipinski definition) is 6. The summed E-state index contributed by atoms with van der Waals surface area (Å²) in [7, 11) is 0. The fourth-order valence-electron chi connectivity index (χ4n) is 2.37. The van der Waals surface area contributed by atoms with Gasteiger partial charge in [0, 0.05) is 23.3 Å². The SMILES string of the molecule is O=C1NC(=O)C(=Cc2cc3cncc(Nc4ccccc4)c3o2)S1. The van der Waals surface area contributed by atoms with E-state index in [4.69, 9.17) is 4.42 Å². The largest absolute Gasteiger partial charge is 0.454 e. The van der Waals surface area contributed by atoms with E-state index in [0.717, 1.165) is 28.5 Å². The molecule has 0 atom stereocenters. The molecular formula is C17H11N3O3S. The van der Waals surface area contributed by atoms with Crippen LogP contribution >= 0.6 is 11.8 Å². The standard InChI is InChI=1S/C17H11N3O3S/c21-16-14(24-17(22)20-16)7-12-6-10-8-18-9-13(15(10)23-12)19-11-4-2-1-3-5-11/h1-9,19H,(H,20,21,22). The molecule has 1 aliphatic heterocycles. The van der Waals surface area contributed by atoms with Crippen LogP contribution in [0.15, 0.2) is 58.1 Å². The maximum Gasteiger partial charge on any atom is 0.290 e. The first-order valence-electron chi connectivity index (χ1n) is 7.13. The monoisotopic (exact) mass is 337 g/mol. The lowest BCUT2D eigenvalue weighted by Crippen LogP contribution is -2.17. The summed E-state index contributed by atoms with van der Waals surface area (Å²) >= 11 is 0.856. The molecular weight excluding hydrogens is 326 g/mol. The molecule has 1 fully saturated rings. The van der Waals surface area contributed by atoms with Gasteiger partial charge in [-0.2, -0.15) is 0 Å². The van der Waals surface area contributed by atoms with Crippen LogP contribution in [0.4, 0.5) is 16.2 Å². The molecule has 7 heteroatoms. The number of thioether (sulfide) groups is 1. The Morgan fingerprint density at radius 2 is 2.00 bits per heavy atom. The van der Waals surface area contributed by atoms with Gasteiger partial charge in [-0.05, 0) is 30.0 Å². The Morgan fingerprint density at radius 3 is 2.75 bits per heavy atom. The first-order valence-corrected chi connectivity index (χ1v) is 7.95. The molecule has 2 N–H and O–H groups in total. The Morgan fingerprint density at radius 1 is 1.17 bits per heavy atom. The molecule has 0 saturated carbocycles. The average molecular weight is 337 g/mol. The van der Waals surface area contributed by atoms with E-state index >= 15 is 0 Å². The van der Waals surface area contributed by atoms with Crippen molar-refractivity contribution < 1.29 is 14.0 Å². The second kappa shape index (κ2) is 5.86. The molecule has 4 rings (SSSR count). The van der Waals surface area contributed by atoms with Crippen LogP contribution in [0.3, 0.4) is 0 Å². The molecule has 3 heterocycles. The normalized spacial score (nSPS) is 15.9. The molecule has 0 radical (unpaired) electrons. The Balaban J connectivity index is 1.71. The van der Waals surface area contributed by atoms with E-state index in [1.165, 1.54) is 0 Å². The van der Waals surface area contributed by atoms with Crippen molar-refractivity contribution in [1.82, 2.24) is 10.3 Å². The van der Waals surface area contributed by atoms with E-state index in [9.17, 15) is 9.59 Å². The number of benzene rings is 1. The molecule has 118 valence electrons. The molecule has 1 aromatic carbocycles. The van der Waals surface area contributed by atoms with Crippen molar-refractivity contribution in [3.05, 3.63) is 59.5 Å². The molecule has 24 heavy (non-hydrogen) atoms. The summed E-state index contributed by atoms with van der Waals surface area (Å²) in [4.78, 5) is 27.4. The average Bonchev–Trinajstić information content (AvgIpc) is 3.12. The lowest BCUT2D eigenvalue weighted by molar-refractivity contribution is -0.115. The molecule has 2 amide bonds. The van der Waals surface area contributed by atoms with Gasteiger partial charge in [0.15, 0.2) is 5.58 Å². The van der Waals surface area contributed by atoms with Crippen molar-refractivity contribution in [3.8, 4) is 0 Å². The van der Waals surface area contributed by atoms with Crippen molar-refractivity contribution >= 4 is 51.3 Å². The van der Waals surface area contributed by atoms with Crippen molar-refractivity contribution in [2.45, 2.75) is 0 Å². The predicted molar refractivity (Wildman–Crippen MR) is 92.8 cm³/mol. The number of aromatic nitrogens is 1. The highest BCUT2D eigenvalue weighted by Gasteiger charge is 2.25. The van der Waals surface area contributed by atoms with Crippen molar-refractivity contribution in [1.29, 1.82) is 0 Å². The Hall–Kier alpha value is -3.06. The summed E-state index contributed by atoms with van der Waals surface area (Å²) in [5, 5.41) is 5.89. The second-order valence-electron chi connectivity index (χ2n) is 5.10. The zero-order valence-corrected chi connectivity index (χ0v) is 13.1. The molecule has 0 aliphatic carbocycles. The maximum absolute atomic E-state index is 11.6. The third-order valence-corrected chi connectivity index (χ3v) is 4.22. The molecule has 0 unspecified atom stereocenters. The lowest BCUT2D eigenvalue weighted by atomic mass is 10.2. The Kier molecular flexibility index (Phi) is 3.55. The summed E-state index contributed by atoms with van der Waals surface area (Å²) in [6.07, 6.45) is 4.91. The van der Waals surface area contributed by atoms with E-state index in [1.807, 2.05) is 30.3 Å². The summed E-state index contributed by atoms with van der Waals surface area (Å²) in [5.41, 5.74) is 2.28. The van der Waals surface area contributed by atoms with Gasteiger partial charge in [0.1, 0.15) is 11.4 Å². The molecule has 2 aromatic heterocycles. The number of para-hydroxylation sites is 1. The number of carbonyl (C=O) groups excluding carboxylic acids is 2. The van der Waals surface area contributed by atoms with Crippen LogP contribution in [0, 0.1) is 0 Å². The number of pyridine rings is 1. The van der Waals surface area contributed by atoms with Crippen molar-refractivity contribution in [2.75, 3.05) is 5.32 Å². The van der Waals surface area contributed by atoms with Gasteiger partial charge in [0.05, 0.1) is 11.1 Å². The smallest absolute Gasteiger partial charge is 0.290 e. The van der Waals surface area contributed by atoms with Gasteiger partial charge in [-0.1, -0.05) is 18.2 Å². The summed E-state index contributed by atoms with van der Waals surface area (Å²) in [6, 6.07) is 11.5. The van der Waals surface area contributed by atoms with Gasteiger partial charge in [-0.3, -0.25) is 19.9 Å². The van der Waals surface area contributed by atoms with Crippen LogP contribution < -0.4 is 10.6 Å². The number of amides is 2. The quantitative estimate of drug-likeness (QED) is 0.705. The molecule has 1 aliphatic rings. The number of furan rings is 1. The third-order valence-electron chi connectivity index (χ3n) is 3.41. The minimum Gasteiger partial charge on any atom is -0.454 e. The number of nitrogens with one attached hydrogen (secondary N) is 2. The molecule has 0 spiro atoms. The minimum absolute atomic E-state index is 0.310. The fourth-order valence-corrected chi connectivity index (χ4v) is 3.03. The van der Waals surface area contributed by atoms with E-state index < -0.39 is 5.91 Å². The predicted octanol–water partition coefficient (Wildman–Crippen LogP) is 3.90. The summed E-state index contributed by atoms with van der Waals surface area (Å²) in [6.45, 7) is 0. The molecule has 1 saturated heterocycles. The van der Waals surface area contributed by atoms with Crippen LogP contribution in [0.5, 0.6) is 0 Å². The van der Waals surface area contributed by atoms with Gasteiger partial charge < -0.3 is 9.73 Å². The zero-order valence-electron chi connectivity index (χ0n) is 12.3. The van der Waals surface area contributed by atoms with Gasteiger partial charge >= 0.3 is 0 Å².